The van der Waals surface area contributed by atoms with Gasteiger partial charge in [0.05, 0.1) is 7.11 Å². The summed E-state index contributed by atoms with van der Waals surface area (Å²) >= 11 is 0. The Bertz CT molecular complexity index is 585. The Hall–Kier alpha value is -2.36. The van der Waals surface area contributed by atoms with Gasteiger partial charge in [0.15, 0.2) is 5.78 Å². The van der Waals surface area contributed by atoms with Crippen LogP contribution in [0, 0.1) is 0 Å². The van der Waals surface area contributed by atoms with E-state index >= 15 is 0 Å². The van der Waals surface area contributed by atoms with Crippen molar-refractivity contribution >= 4 is 17.3 Å². The van der Waals surface area contributed by atoms with Crippen LogP contribution in [0.4, 0.5) is 0 Å². The summed E-state index contributed by atoms with van der Waals surface area (Å²) in [6.45, 7) is 5.90. The molecular formula is C18H22O4. The predicted octanol–water partition coefficient (Wildman–Crippen LogP) is 4.11. The normalized spacial score (nSPS) is 11.1. The first kappa shape index (κ1) is 17.7. The van der Waals surface area contributed by atoms with Crippen LogP contribution in [0.5, 0.6) is 5.75 Å². The number of carbonyl (C=O) groups is 2. The van der Waals surface area contributed by atoms with Gasteiger partial charge in [-0.15, -0.1) is 0 Å². The molecule has 0 unspecified atom stereocenters. The lowest BCUT2D eigenvalue weighted by molar-refractivity contribution is -0.135. The van der Waals surface area contributed by atoms with Crippen molar-refractivity contribution in [1.29, 1.82) is 0 Å². The molecular weight excluding hydrogens is 280 g/mol. The SMILES string of the molecule is C=CC(=CCCCC)c1cc(OC)ccc1C(=O)CC(=O)O. The number of methoxy groups -OCH3 is 1. The zero-order valence-corrected chi connectivity index (χ0v) is 13.1. The van der Waals surface area contributed by atoms with E-state index in [0.717, 1.165) is 24.8 Å². The Kier molecular flexibility index (Phi) is 7.09. The molecule has 0 bridgehead atoms. The molecule has 0 spiro atoms. The number of hydrogen-bond acceptors (Lipinski definition) is 3. The molecule has 0 aromatic heterocycles. The van der Waals surface area contributed by atoms with Gasteiger partial charge in [-0.3, -0.25) is 9.59 Å². The molecule has 0 saturated heterocycles. The molecule has 0 aliphatic heterocycles. The number of carbonyl (C=O) groups excluding carboxylic acids is 1. The van der Waals surface area contributed by atoms with Crippen LogP contribution < -0.4 is 4.74 Å². The number of ether oxygens (including phenoxy) is 1. The van der Waals surface area contributed by atoms with Gasteiger partial charge < -0.3 is 9.84 Å². The average Bonchev–Trinajstić information content (AvgIpc) is 2.50. The summed E-state index contributed by atoms with van der Waals surface area (Å²) in [5.74, 6) is -0.944. The molecule has 4 nitrogen and oxygen atoms in total. The van der Waals surface area contributed by atoms with Crippen LogP contribution >= 0.6 is 0 Å². The number of Topliss-reactive ketones (excluding diaryl/α,β-unsaturated/α-hetero) is 1. The van der Waals surface area contributed by atoms with Gasteiger partial charge in [0, 0.05) is 5.56 Å². The van der Waals surface area contributed by atoms with Crippen molar-refractivity contribution in [2.45, 2.75) is 32.6 Å². The summed E-state index contributed by atoms with van der Waals surface area (Å²) in [7, 11) is 1.55. The molecule has 1 aromatic carbocycles. The first-order valence-corrected chi connectivity index (χ1v) is 7.29. The van der Waals surface area contributed by atoms with Crippen LogP contribution in [0.1, 0.15) is 48.5 Å². The van der Waals surface area contributed by atoms with Crippen LogP contribution in [0.25, 0.3) is 5.57 Å². The highest BCUT2D eigenvalue weighted by Gasteiger charge is 2.17. The van der Waals surface area contributed by atoms with Crippen LogP contribution in [0.2, 0.25) is 0 Å². The van der Waals surface area contributed by atoms with Gasteiger partial charge in [-0.1, -0.05) is 38.5 Å². The molecule has 118 valence electrons. The highest BCUT2D eigenvalue weighted by molar-refractivity contribution is 6.08. The van der Waals surface area contributed by atoms with Crippen molar-refractivity contribution in [3.05, 3.63) is 48.1 Å². The number of aliphatic carboxylic acids is 1. The fraction of sp³-hybridized carbons (Fsp3) is 0.333. The van der Waals surface area contributed by atoms with Crippen molar-refractivity contribution < 1.29 is 19.4 Å². The molecule has 1 rings (SSSR count). The van der Waals surface area contributed by atoms with Gasteiger partial charge in [-0.05, 0) is 35.8 Å². The van der Waals surface area contributed by atoms with Gasteiger partial charge in [-0.2, -0.15) is 0 Å². The Labute approximate surface area is 131 Å². The van der Waals surface area contributed by atoms with E-state index in [9.17, 15) is 9.59 Å². The van der Waals surface area contributed by atoms with Gasteiger partial charge in [0.1, 0.15) is 12.2 Å². The third-order valence-corrected chi connectivity index (χ3v) is 3.29. The highest BCUT2D eigenvalue weighted by atomic mass is 16.5. The van der Waals surface area contributed by atoms with Crippen molar-refractivity contribution in [3.8, 4) is 5.75 Å². The molecule has 0 radical (unpaired) electrons. The maximum absolute atomic E-state index is 12.1. The molecule has 0 saturated carbocycles. The second-order valence-corrected chi connectivity index (χ2v) is 4.91. The molecule has 0 aliphatic carbocycles. The first-order chi connectivity index (χ1) is 10.5. The standard InChI is InChI=1S/C18H22O4/c1-4-6-7-8-13(5-2)16-11-14(22-3)9-10-15(16)17(19)12-18(20)21/h5,8-11H,2,4,6-7,12H2,1,3H3,(H,20,21). The minimum absolute atomic E-state index is 0.380. The van der Waals surface area contributed by atoms with E-state index in [1.54, 1.807) is 31.4 Å². The topological polar surface area (TPSA) is 63.6 Å². The lowest BCUT2D eigenvalue weighted by atomic mass is 9.94. The van der Waals surface area contributed by atoms with E-state index in [4.69, 9.17) is 9.84 Å². The second kappa shape index (κ2) is 8.82. The van der Waals surface area contributed by atoms with Crippen molar-refractivity contribution in [1.82, 2.24) is 0 Å². The first-order valence-electron chi connectivity index (χ1n) is 7.29. The van der Waals surface area contributed by atoms with Crippen LogP contribution in [0.15, 0.2) is 36.9 Å². The largest absolute Gasteiger partial charge is 0.497 e. The molecule has 0 amide bonds. The molecule has 0 aliphatic rings. The molecule has 0 atom stereocenters. The molecule has 4 heteroatoms. The molecule has 22 heavy (non-hydrogen) atoms. The van der Waals surface area contributed by atoms with E-state index in [1.807, 2.05) is 6.08 Å². The number of unbranched alkanes of at least 4 members (excludes halogenated alkanes) is 2. The van der Waals surface area contributed by atoms with E-state index in [0.29, 0.717) is 16.9 Å². The maximum Gasteiger partial charge on any atom is 0.311 e. The molecule has 1 aromatic rings. The van der Waals surface area contributed by atoms with Crippen molar-refractivity contribution in [2.24, 2.45) is 0 Å². The van der Waals surface area contributed by atoms with Crippen molar-refractivity contribution in [2.75, 3.05) is 7.11 Å². The maximum atomic E-state index is 12.1. The Morgan fingerprint density at radius 3 is 2.59 bits per heavy atom. The highest BCUT2D eigenvalue weighted by Crippen LogP contribution is 2.27. The monoisotopic (exact) mass is 302 g/mol. The number of ketones is 1. The van der Waals surface area contributed by atoms with Gasteiger partial charge in [0.2, 0.25) is 0 Å². The third-order valence-electron chi connectivity index (χ3n) is 3.29. The fourth-order valence-corrected chi connectivity index (χ4v) is 2.13. The number of carboxylic acid groups (broad SMARTS) is 1. The smallest absolute Gasteiger partial charge is 0.311 e. The van der Waals surface area contributed by atoms with E-state index in [2.05, 4.69) is 13.5 Å². The Balaban J connectivity index is 3.27. The quantitative estimate of drug-likeness (QED) is 0.323. The number of allylic oxidation sites excluding steroid dienone is 3. The van der Waals surface area contributed by atoms with Crippen LogP contribution in [-0.4, -0.2) is 24.0 Å². The van der Waals surface area contributed by atoms with E-state index in [1.165, 1.54) is 0 Å². The van der Waals surface area contributed by atoms with Crippen molar-refractivity contribution in [3.63, 3.8) is 0 Å². The summed E-state index contributed by atoms with van der Waals surface area (Å²) in [5, 5.41) is 8.83. The fourth-order valence-electron chi connectivity index (χ4n) is 2.13. The van der Waals surface area contributed by atoms with Crippen LogP contribution in [-0.2, 0) is 4.79 Å². The minimum Gasteiger partial charge on any atom is -0.497 e. The predicted molar refractivity (Wildman–Crippen MR) is 87.3 cm³/mol. The zero-order valence-electron chi connectivity index (χ0n) is 13.1. The van der Waals surface area contributed by atoms with Crippen LogP contribution in [0.3, 0.4) is 0 Å². The summed E-state index contributed by atoms with van der Waals surface area (Å²) in [6.07, 6.45) is 6.16. The lowest BCUT2D eigenvalue weighted by Gasteiger charge is -2.11. The number of benzene rings is 1. The Morgan fingerprint density at radius 2 is 2.05 bits per heavy atom. The summed E-state index contributed by atoms with van der Waals surface area (Å²) in [4.78, 5) is 22.9. The second-order valence-electron chi connectivity index (χ2n) is 4.91. The zero-order chi connectivity index (χ0) is 16.5. The summed E-state index contributed by atoms with van der Waals surface area (Å²) in [6, 6.07) is 5.01. The molecule has 0 heterocycles. The number of hydrogen-bond donors (Lipinski definition) is 1. The van der Waals surface area contributed by atoms with Gasteiger partial charge in [0.25, 0.3) is 0 Å². The van der Waals surface area contributed by atoms with E-state index < -0.39 is 18.2 Å². The average molecular weight is 302 g/mol. The van der Waals surface area contributed by atoms with Gasteiger partial charge >= 0.3 is 5.97 Å². The van der Waals surface area contributed by atoms with Gasteiger partial charge in [-0.25, -0.2) is 0 Å². The molecule has 0 fully saturated rings. The number of rotatable bonds is 9. The summed E-state index contributed by atoms with van der Waals surface area (Å²) < 4.78 is 5.20. The minimum atomic E-state index is -1.14. The molecule has 1 N–H and O–H groups in total. The van der Waals surface area contributed by atoms with E-state index in [-0.39, 0.29) is 0 Å². The summed E-state index contributed by atoms with van der Waals surface area (Å²) in [5.41, 5.74) is 1.86. The third kappa shape index (κ3) is 4.88. The number of carboxylic acids is 1. The lowest BCUT2D eigenvalue weighted by Crippen LogP contribution is -2.09. The Morgan fingerprint density at radius 1 is 1.32 bits per heavy atom.